The molecule has 0 bridgehead atoms. The highest BCUT2D eigenvalue weighted by atomic mass is 35.5. The monoisotopic (exact) mass is 399 g/mol. The molecule has 27 heavy (non-hydrogen) atoms. The molecule has 0 saturated carbocycles. The van der Waals surface area contributed by atoms with Crippen molar-refractivity contribution in [3.8, 4) is 11.3 Å². The molecule has 0 aliphatic heterocycles. The lowest BCUT2D eigenvalue weighted by molar-refractivity contribution is 0.0559. The summed E-state index contributed by atoms with van der Waals surface area (Å²) in [4.78, 5) is 25.9. The fraction of sp³-hybridized carbons (Fsp3) is 0.100. The van der Waals surface area contributed by atoms with Gasteiger partial charge < -0.3 is 9.47 Å². The van der Waals surface area contributed by atoms with E-state index >= 15 is 0 Å². The average Bonchev–Trinajstić information content (AvgIpc) is 3.22. The summed E-state index contributed by atoms with van der Waals surface area (Å²) < 4.78 is 12.9. The van der Waals surface area contributed by atoms with Crippen LogP contribution >= 0.6 is 22.9 Å². The Morgan fingerprint density at radius 3 is 2.22 bits per heavy atom. The predicted octanol–water partition coefficient (Wildman–Crippen LogP) is 5.05. The van der Waals surface area contributed by atoms with Gasteiger partial charge in [0.1, 0.15) is 16.0 Å². The van der Waals surface area contributed by atoms with Crippen molar-refractivity contribution in [1.82, 2.24) is 4.40 Å². The third-order valence-electron chi connectivity index (χ3n) is 4.34. The molecule has 136 valence electrons. The summed E-state index contributed by atoms with van der Waals surface area (Å²) in [6.07, 6.45) is 0. The first-order valence-corrected chi connectivity index (χ1v) is 9.24. The Balaban J connectivity index is 2.22. The molecular weight excluding hydrogens is 386 g/mol. The number of halogens is 1. The van der Waals surface area contributed by atoms with Crippen LogP contribution in [0.25, 0.3) is 26.3 Å². The number of aromatic nitrogens is 1. The maximum Gasteiger partial charge on any atom is 0.341 e. The van der Waals surface area contributed by atoms with Gasteiger partial charge in [0.2, 0.25) is 0 Å². The lowest BCUT2D eigenvalue weighted by atomic mass is 10.0. The molecule has 2 heterocycles. The molecule has 0 N–H and O–H groups in total. The molecule has 0 radical (unpaired) electrons. The molecule has 7 heteroatoms. The van der Waals surface area contributed by atoms with Gasteiger partial charge in [0.05, 0.1) is 30.1 Å². The lowest BCUT2D eigenvalue weighted by Crippen LogP contribution is -2.10. The van der Waals surface area contributed by atoms with Gasteiger partial charge in [-0.25, -0.2) is 9.59 Å². The number of methoxy groups -OCH3 is 2. The number of para-hydroxylation sites is 1. The van der Waals surface area contributed by atoms with Crippen LogP contribution in [0, 0.1) is 0 Å². The zero-order valence-electron chi connectivity index (χ0n) is 14.5. The van der Waals surface area contributed by atoms with E-state index in [1.165, 1.54) is 25.6 Å². The number of benzene rings is 2. The summed E-state index contributed by atoms with van der Waals surface area (Å²) >= 11 is 7.45. The molecule has 0 aliphatic carbocycles. The van der Waals surface area contributed by atoms with E-state index in [1.807, 2.05) is 40.8 Å². The molecule has 4 aromatic rings. The van der Waals surface area contributed by atoms with Crippen molar-refractivity contribution in [2.75, 3.05) is 14.2 Å². The van der Waals surface area contributed by atoms with Crippen LogP contribution < -0.4 is 0 Å². The van der Waals surface area contributed by atoms with Gasteiger partial charge in [-0.2, -0.15) is 0 Å². The number of thiazole rings is 1. The predicted molar refractivity (Wildman–Crippen MR) is 106 cm³/mol. The zero-order valence-corrected chi connectivity index (χ0v) is 16.1. The number of fused-ring (bicyclic) bond motifs is 3. The fourth-order valence-electron chi connectivity index (χ4n) is 3.18. The molecule has 2 aromatic carbocycles. The van der Waals surface area contributed by atoms with Crippen LogP contribution in [0.5, 0.6) is 0 Å². The van der Waals surface area contributed by atoms with E-state index in [1.54, 1.807) is 12.1 Å². The summed E-state index contributed by atoms with van der Waals surface area (Å²) in [5.74, 6) is -1.18. The maximum atomic E-state index is 12.7. The highest BCUT2D eigenvalue weighted by molar-refractivity contribution is 7.24. The smallest absolute Gasteiger partial charge is 0.341 e. The Bertz CT molecular complexity index is 1190. The third kappa shape index (κ3) is 2.69. The largest absolute Gasteiger partial charge is 0.465 e. The van der Waals surface area contributed by atoms with Crippen LogP contribution in [0.1, 0.15) is 20.7 Å². The van der Waals surface area contributed by atoms with Gasteiger partial charge in [0.25, 0.3) is 0 Å². The molecule has 0 spiro atoms. The second kappa shape index (κ2) is 6.72. The van der Waals surface area contributed by atoms with Crippen molar-refractivity contribution in [2.24, 2.45) is 0 Å². The number of nitrogens with zero attached hydrogens (tertiary/aromatic N) is 1. The number of esters is 2. The maximum absolute atomic E-state index is 12.7. The molecule has 2 aromatic heterocycles. The summed E-state index contributed by atoms with van der Waals surface area (Å²) in [5, 5.41) is 0.578. The van der Waals surface area contributed by atoms with E-state index in [2.05, 4.69) is 0 Å². The van der Waals surface area contributed by atoms with Gasteiger partial charge in [0.15, 0.2) is 0 Å². The number of carbonyl (C=O) groups excluding carboxylic acids is 2. The van der Waals surface area contributed by atoms with E-state index in [-0.39, 0.29) is 11.1 Å². The van der Waals surface area contributed by atoms with Crippen molar-refractivity contribution in [1.29, 1.82) is 0 Å². The first-order chi connectivity index (χ1) is 13.1. The minimum absolute atomic E-state index is 0.184. The van der Waals surface area contributed by atoms with Gasteiger partial charge in [-0.3, -0.25) is 4.40 Å². The summed E-state index contributed by atoms with van der Waals surface area (Å²) in [5.41, 5.74) is 2.60. The lowest BCUT2D eigenvalue weighted by Gasteiger charge is -2.07. The molecule has 0 fully saturated rings. The van der Waals surface area contributed by atoms with Crippen molar-refractivity contribution in [3.63, 3.8) is 0 Å². The van der Waals surface area contributed by atoms with Crippen LogP contribution in [0.4, 0.5) is 0 Å². The Labute approximate surface area is 163 Å². The molecule has 0 saturated heterocycles. The Kier molecular flexibility index (Phi) is 4.37. The quantitative estimate of drug-likeness (QED) is 0.452. The number of hydrogen-bond acceptors (Lipinski definition) is 5. The SMILES string of the molecule is COC(=O)c1c(C(=O)OC)c2sc3ccccc3n2c1-c1ccc(Cl)cc1. The summed E-state index contributed by atoms with van der Waals surface area (Å²) in [7, 11) is 2.58. The Hall–Kier alpha value is -2.83. The van der Waals surface area contributed by atoms with E-state index in [9.17, 15) is 9.59 Å². The molecule has 0 amide bonds. The molecule has 5 nitrogen and oxygen atoms in total. The van der Waals surface area contributed by atoms with E-state index in [4.69, 9.17) is 21.1 Å². The molecule has 0 unspecified atom stereocenters. The summed E-state index contributed by atoms with van der Waals surface area (Å²) in [6.45, 7) is 0. The van der Waals surface area contributed by atoms with E-state index in [0.29, 0.717) is 15.5 Å². The average molecular weight is 400 g/mol. The van der Waals surface area contributed by atoms with Crippen LogP contribution in [-0.4, -0.2) is 30.6 Å². The van der Waals surface area contributed by atoms with Crippen molar-refractivity contribution < 1.29 is 19.1 Å². The van der Waals surface area contributed by atoms with Crippen molar-refractivity contribution >= 4 is 49.9 Å². The van der Waals surface area contributed by atoms with Crippen LogP contribution in [-0.2, 0) is 9.47 Å². The normalized spacial score (nSPS) is 11.1. The van der Waals surface area contributed by atoms with Gasteiger partial charge in [-0.05, 0) is 29.8 Å². The number of hydrogen-bond donors (Lipinski definition) is 0. The van der Waals surface area contributed by atoms with Gasteiger partial charge in [-0.15, -0.1) is 11.3 Å². The molecule has 0 aliphatic rings. The number of carbonyl (C=O) groups is 2. The van der Waals surface area contributed by atoms with Gasteiger partial charge in [0, 0.05) is 5.02 Å². The standard InChI is InChI=1S/C20H14ClNO4S/c1-25-19(23)15-16(20(24)26-2)18-22(13-5-3-4-6-14(13)27-18)17(15)11-7-9-12(21)10-8-11/h3-10H,1-2H3. The highest BCUT2D eigenvalue weighted by Crippen LogP contribution is 2.40. The number of rotatable bonds is 3. The third-order valence-corrected chi connectivity index (χ3v) is 5.73. The van der Waals surface area contributed by atoms with Crippen LogP contribution in [0.3, 0.4) is 0 Å². The Morgan fingerprint density at radius 1 is 0.926 bits per heavy atom. The minimum Gasteiger partial charge on any atom is -0.465 e. The molecule has 4 rings (SSSR count). The highest BCUT2D eigenvalue weighted by Gasteiger charge is 2.32. The van der Waals surface area contributed by atoms with Gasteiger partial charge in [-0.1, -0.05) is 35.9 Å². The van der Waals surface area contributed by atoms with E-state index < -0.39 is 11.9 Å². The number of ether oxygens (including phenoxy) is 2. The topological polar surface area (TPSA) is 57.0 Å². The van der Waals surface area contributed by atoms with Crippen LogP contribution in [0.2, 0.25) is 5.02 Å². The second-order valence-corrected chi connectivity index (χ2v) is 7.27. The molecular formula is C20H14ClNO4S. The zero-order chi connectivity index (χ0) is 19.1. The van der Waals surface area contributed by atoms with Crippen LogP contribution in [0.15, 0.2) is 48.5 Å². The minimum atomic E-state index is -0.597. The van der Waals surface area contributed by atoms with Crippen molar-refractivity contribution in [3.05, 3.63) is 64.7 Å². The first kappa shape index (κ1) is 17.6. The Morgan fingerprint density at radius 2 is 1.56 bits per heavy atom. The van der Waals surface area contributed by atoms with Gasteiger partial charge >= 0.3 is 11.9 Å². The first-order valence-electron chi connectivity index (χ1n) is 8.05. The molecule has 0 atom stereocenters. The van der Waals surface area contributed by atoms with E-state index in [0.717, 1.165) is 15.8 Å². The second-order valence-electron chi connectivity index (χ2n) is 5.80. The fourth-order valence-corrected chi connectivity index (χ4v) is 4.50. The summed E-state index contributed by atoms with van der Waals surface area (Å²) in [6, 6.07) is 14.9. The van der Waals surface area contributed by atoms with Crippen molar-refractivity contribution in [2.45, 2.75) is 0 Å².